The van der Waals surface area contributed by atoms with Gasteiger partial charge in [-0.1, -0.05) is 11.6 Å². The third-order valence-electron chi connectivity index (χ3n) is 3.75. The van der Waals surface area contributed by atoms with Crippen molar-refractivity contribution in [3.63, 3.8) is 0 Å². The summed E-state index contributed by atoms with van der Waals surface area (Å²) in [6.07, 6.45) is 5.43. The zero-order valence-corrected chi connectivity index (χ0v) is 9.36. The zero-order chi connectivity index (χ0) is 10.8. The van der Waals surface area contributed by atoms with Gasteiger partial charge in [0.1, 0.15) is 0 Å². The number of rotatable bonds is 2. The molecule has 0 aromatic heterocycles. The second kappa shape index (κ2) is 4.25. The molecule has 0 radical (unpaired) electrons. The lowest BCUT2D eigenvalue weighted by Crippen LogP contribution is -2.20. The Labute approximate surface area is 90.4 Å². The van der Waals surface area contributed by atoms with Gasteiger partial charge >= 0.3 is 6.16 Å². The normalized spacial score (nSPS) is 35.9. The van der Waals surface area contributed by atoms with Crippen LogP contribution in [-0.2, 0) is 9.47 Å². The topological polar surface area (TPSA) is 35.5 Å². The van der Waals surface area contributed by atoms with Crippen molar-refractivity contribution in [1.29, 1.82) is 0 Å². The Kier molecular flexibility index (Phi) is 2.98. The Morgan fingerprint density at radius 1 is 1.53 bits per heavy atom. The van der Waals surface area contributed by atoms with E-state index in [4.69, 9.17) is 4.74 Å². The van der Waals surface area contributed by atoms with Crippen LogP contribution in [0.15, 0.2) is 11.6 Å². The molecule has 0 aromatic carbocycles. The predicted octanol–water partition coefficient (Wildman–Crippen LogP) is 2.76. The molecule has 2 aliphatic carbocycles. The molecule has 1 unspecified atom stereocenters. The average molecular weight is 210 g/mol. The SMILES string of the molecule is CC=C1C[C@H]2CC(COC(=O)OC)[C@@H]1C2. The van der Waals surface area contributed by atoms with Crippen LogP contribution in [0.1, 0.15) is 26.2 Å². The molecule has 2 saturated carbocycles. The molecule has 2 fully saturated rings. The molecular weight excluding hydrogens is 192 g/mol. The molecule has 84 valence electrons. The van der Waals surface area contributed by atoms with Crippen LogP contribution in [0.5, 0.6) is 0 Å². The van der Waals surface area contributed by atoms with Gasteiger partial charge in [-0.3, -0.25) is 0 Å². The van der Waals surface area contributed by atoms with Crippen LogP contribution >= 0.6 is 0 Å². The second-order valence-corrected chi connectivity index (χ2v) is 4.54. The van der Waals surface area contributed by atoms with E-state index in [-0.39, 0.29) is 0 Å². The summed E-state index contributed by atoms with van der Waals surface area (Å²) in [5, 5.41) is 0. The molecule has 3 atom stereocenters. The first-order chi connectivity index (χ1) is 7.24. The van der Waals surface area contributed by atoms with E-state index in [0.717, 1.165) is 5.92 Å². The van der Waals surface area contributed by atoms with Crippen molar-refractivity contribution in [2.75, 3.05) is 13.7 Å². The summed E-state index contributed by atoms with van der Waals surface area (Å²) in [7, 11) is 1.35. The molecule has 0 N–H and O–H groups in total. The molecule has 2 bridgehead atoms. The molecule has 0 spiro atoms. The van der Waals surface area contributed by atoms with Crippen molar-refractivity contribution in [2.24, 2.45) is 17.8 Å². The summed E-state index contributed by atoms with van der Waals surface area (Å²) in [6, 6.07) is 0. The quantitative estimate of drug-likeness (QED) is 0.519. The summed E-state index contributed by atoms with van der Waals surface area (Å²) in [5.41, 5.74) is 1.56. The van der Waals surface area contributed by atoms with E-state index in [1.165, 1.54) is 26.4 Å². The standard InChI is InChI=1S/C12H18O3/c1-3-9-4-8-5-10(11(9)6-8)7-15-12(13)14-2/h3,8,10-11H,4-7H2,1-2H3/t8-,10?,11+/m0/s1. The van der Waals surface area contributed by atoms with E-state index < -0.39 is 6.16 Å². The van der Waals surface area contributed by atoms with Crippen LogP contribution in [-0.4, -0.2) is 19.9 Å². The Balaban J connectivity index is 1.87. The molecule has 0 saturated heterocycles. The highest BCUT2D eigenvalue weighted by Gasteiger charge is 2.42. The van der Waals surface area contributed by atoms with E-state index in [1.54, 1.807) is 5.57 Å². The molecule has 15 heavy (non-hydrogen) atoms. The van der Waals surface area contributed by atoms with Gasteiger partial charge in [0, 0.05) is 5.92 Å². The molecule has 0 aliphatic heterocycles. The summed E-state index contributed by atoms with van der Waals surface area (Å²) in [5.74, 6) is 2.01. The minimum atomic E-state index is -0.556. The molecule has 0 amide bonds. The van der Waals surface area contributed by atoms with Gasteiger partial charge in [-0.05, 0) is 38.0 Å². The van der Waals surface area contributed by atoms with Crippen LogP contribution in [0.25, 0.3) is 0 Å². The van der Waals surface area contributed by atoms with Crippen LogP contribution < -0.4 is 0 Å². The lowest BCUT2D eigenvalue weighted by atomic mass is 9.85. The minimum Gasteiger partial charge on any atom is -0.438 e. The number of ether oxygens (including phenoxy) is 2. The maximum Gasteiger partial charge on any atom is 0.507 e. The van der Waals surface area contributed by atoms with Crippen LogP contribution in [0.4, 0.5) is 4.79 Å². The van der Waals surface area contributed by atoms with Crippen LogP contribution in [0.3, 0.4) is 0 Å². The summed E-state index contributed by atoms with van der Waals surface area (Å²) < 4.78 is 9.50. The first kappa shape index (κ1) is 10.5. The van der Waals surface area contributed by atoms with E-state index in [9.17, 15) is 4.79 Å². The first-order valence-electron chi connectivity index (χ1n) is 5.60. The fourth-order valence-corrected chi connectivity index (χ4v) is 3.10. The highest BCUT2D eigenvalue weighted by Crippen LogP contribution is 2.51. The number of carbonyl (C=O) groups is 1. The Hall–Kier alpha value is -0.990. The average Bonchev–Trinajstić information content (AvgIpc) is 2.84. The van der Waals surface area contributed by atoms with Gasteiger partial charge < -0.3 is 9.47 Å². The van der Waals surface area contributed by atoms with E-state index >= 15 is 0 Å². The largest absolute Gasteiger partial charge is 0.507 e. The lowest BCUT2D eigenvalue weighted by Gasteiger charge is -2.23. The highest BCUT2D eigenvalue weighted by molar-refractivity contribution is 5.59. The smallest absolute Gasteiger partial charge is 0.438 e. The van der Waals surface area contributed by atoms with Gasteiger partial charge in [-0.25, -0.2) is 4.79 Å². The van der Waals surface area contributed by atoms with Gasteiger partial charge in [-0.2, -0.15) is 0 Å². The van der Waals surface area contributed by atoms with Gasteiger partial charge in [0.15, 0.2) is 0 Å². The van der Waals surface area contributed by atoms with Gasteiger partial charge in [-0.15, -0.1) is 0 Å². The number of hydrogen-bond donors (Lipinski definition) is 0. The number of carbonyl (C=O) groups excluding carboxylic acids is 1. The zero-order valence-electron chi connectivity index (χ0n) is 9.36. The second-order valence-electron chi connectivity index (χ2n) is 4.54. The fraction of sp³-hybridized carbons (Fsp3) is 0.750. The number of allylic oxidation sites excluding steroid dienone is 2. The number of methoxy groups -OCH3 is 1. The van der Waals surface area contributed by atoms with Crippen molar-refractivity contribution in [3.8, 4) is 0 Å². The molecular formula is C12H18O3. The maximum atomic E-state index is 10.9. The number of hydrogen-bond acceptors (Lipinski definition) is 3. The maximum absolute atomic E-state index is 10.9. The highest BCUT2D eigenvalue weighted by atomic mass is 16.7. The van der Waals surface area contributed by atoms with E-state index in [2.05, 4.69) is 17.7 Å². The molecule has 3 heteroatoms. The predicted molar refractivity (Wildman–Crippen MR) is 56.4 cm³/mol. The molecule has 2 aliphatic rings. The van der Waals surface area contributed by atoms with Crippen molar-refractivity contribution in [2.45, 2.75) is 26.2 Å². The summed E-state index contributed by atoms with van der Waals surface area (Å²) in [4.78, 5) is 10.9. The molecule has 0 aromatic rings. The minimum absolute atomic E-state index is 0.519. The van der Waals surface area contributed by atoms with Crippen molar-refractivity contribution in [1.82, 2.24) is 0 Å². The molecule has 2 rings (SSSR count). The van der Waals surface area contributed by atoms with Crippen LogP contribution in [0.2, 0.25) is 0 Å². The fourth-order valence-electron chi connectivity index (χ4n) is 3.10. The van der Waals surface area contributed by atoms with E-state index in [1.807, 2.05) is 0 Å². The van der Waals surface area contributed by atoms with Crippen molar-refractivity contribution >= 4 is 6.16 Å². The Bertz CT molecular complexity index is 283. The molecule has 0 heterocycles. The van der Waals surface area contributed by atoms with Gasteiger partial charge in [0.05, 0.1) is 13.7 Å². The summed E-state index contributed by atoms with van der Waals surface area (Å²) in [6.45, 7) is 2.62. The lowest BCUT2D eigenvalue weighted by molar-refractivity contribution is 0.0549. The van der Waals surface area contributed by atoms with Crippen molar-refractivity contribution < 1.29 is 14.3 Å². The molecule has 3 nitrogen and oxygen atoms in total. The van der Waals surface area contributed by atoms with Gasteiger partial charge in [0.2, 0.25) is 0 Å². The van der Waals surface area contributed by atoms with E-state index in [0.29, 0.717) is 18.4 Å². The monoisotopic (exact) mass is 210 g/mol. The first-order valence-corrected chi connectivity index (χ1v) is 5.60. The Morgan fingerprint density at radius 3 is 2.93 bits per heavy atom. The van der Waals surface area contributed by atoms with Gasteiger partial charge in [0.25, 0.3) is 0 Å². The third-order valence-corrected chi connectivity index (χ3v) is 3.75. The van der Waals surface area contributed by atoms with Crippen LogP contribution in [0, 0.1) is 17.8 Å². The van der Waals surface area contributed by atoms with Crippen molar-refractivity contribution in [3.05, 3.63) is 11.6 Å². The number of fused-ring (bicyclic) bond motifs is 2. The summed E-state index contributed by atoms with van der Waals surface area (Å²) >= 11 is 0. The third kappa shape index (κ3) is 2.01. The Morgan fingerprint density at radius 2 is 2.33 bits per heavy atom.